The number of nitrogens with zero attached hydrogens (tertiary/aromatic N) is 1. The highest BCUT2D eigenvalue weighted by Gasteiger charge is 2.39. The number of carbonyl (C=O) groups excluding carboxylic acids is 1. The van der Waals surface area contributed by atoms with E-state index in [-0.39, 0.29) is 18.7 Å². The molecule has 2 rings (SSSR count). The minimum absolute atomic E-state index is 0.116. The average Bonchev–Trinajstić information content (AvgIpc) is 2.65. The maximum atomic E-state index is 13.1. The number of alkyl halides is 3. The molecule has 0 radical (unpaired) electrons. The summed E-state index contributed by atoms with van der Waals surface area (Å²) in [6.45, 7) is -0.116. The molecule has 1 amide bonds. The van der Waals surface area contributed by atoms with Gasteiger partial charge in [-0.15, -0.1) is 0 Å². The number of anilines is 1. The van der Waals surface area contributed by atoms with Crippen LogP contribution in [0.25, 0.3) is 0 Å². The molecular weight excluding hydrogens is 389 g/mol. The van der Waals surface area contributed by atoms with Crippen LogP contribution in [0.2, 0.25) is 0 Å². The third-order valence-corrected chi connectivity index (χ3v) is 4.66. The number of amides is 1. The van der Waals surface area contributed by atoms with E-state index in [4.69, 9.17) is 5.14 Å². The molecule has 5 nitrogen and oxygen atoms in total. The summed E-state index contributed by atoms with van der Waals surface area (Å²) in [6, 6.07) is 3.30. The first-order valence-electron chi connectivity index (χ1n) is 6.15. The first kappa shape index (κ1) is 17.2. The Hall–Kier alpha value is -1.13. The van der Waals surface area contributed by atoms with Gasteiger partial charge in [-0.3, -0.25) is 4.79 Å². The Balaban J connectivity index is 2.36. The molecule has 1 fully saturated rings. The van der Waals surface area contributed by atoms with Gasteiger partial charge in [0.2, 0.25) is 15.9 Å². The van der Waals surface area contributed by atoms with E-state index in [0.29, 0.717) is 4.47 Å². The molecular formula is C12H12BrF3N2O3S. The number of primary sulfonamides is 1. The zero-order valence-corrected chi connectivity index (χ0v) is 13.5. The van der Waals surface area contributed by atoms with Crippen LogP contribution in [0.15, 0.2) is 22.7 Å². The van der Waals surface area contributed by atoms with E-state index in [2.05, 4.69) is 15.9 Å². The molecule has 0 aromatic heterocycles. The van der Waals surface area contributed by atoms with Crippen molar-refractivity contribution >= 4 is 37.5 Å². The molecule has 1 aromatic carbocycles. The van der Waals surface area contributed by atoms with Crippen LogP contribution in [-0.2, 0) is 21.0 Å². The maximum absolute atomic E-state index is 13.1. The van der Waals surface area contributed by atoms with Gasteiger partial charge in [-0.05, 0) is 18.2 Å². The van der Waals surface area contributed by atoms with Crippen molar-refractivity contribution in [3.05, 3.63) is 28.2 Å². The fraction of sp³-hybridized carbons (Fsp3) is 0.417. The SMILES string of the molecule is NS(=O)(=O)CC1CC(=O)N(c2cc(Br)ccc2C(F)(F)F)C1. The minimum Gasteiger partial charge on any atom is -0.311 e. The first-order valence-corrected chi connectivity index (χ1v) is 8.66. The Labute approximate surface area is 133 Å². The van der Waals surface area contributed by atoms with Crippen molar-refractivity contribution < 1.29 is 26.4 Å². The van der Waals surface area contributed by atoms with E-state index in [1.54, 1.807) is 0 Å². The van der Waals surface area contributed by atoms with Crippen LogP contribution in [0.1, 0.15) is 12.0 Å². The van der Waals surface area contributed by atoms with Gasteiger partial charge in [0.1, 0.15) is 0 Å². The fourth-order valence-corrected chi connectivity index (χ4v) is 3.65. The van der Waals surface area contributed by atoms with Crippen molar-refractivity contribution in [1.82, 2.24) is 0 Å². The third kappa shape index (κ3) is 3.99. The van der Waals surface area contributed by atoms with Gasteiger partial charge >= 0.3 is 6.18 Å². The van der Waals surface area contributed by atoms with Crippen LogP contribution >= 0.6 is 15.9 Å². The molecule has 1 atom stereocenters. The first-order chi connectivity index (χ1) is 9.97. The van der Waals surface area contributed by atoms with E-state index >= 15 is 0 Å². The van der Waals surface area contributed by atoms with E-state index in [1.165, 1.54) is 12.1 Å². The van der Waals surface area contributed by atoms with Gasteiger partial charge in [0, 0.05) is 23.4 Å². The lowest BCUT2D eigenvalue weighted by Crippen LogP contribution is -2.29. The second-order valence-corrected chi connectivity index (χ2v) is 7.64. The predicted molar refractivity (Wildman–Crippen MR) is 77.6 cm³/mol. The van der Waals surface area contributed by atoms with Crippen molar-refractivity contribution in [2.45, 2.75) is 12.6 Å². The lowest BCUT2D eigenvalue weighted by atomic mass is 10.1. The highest BCUT2D eigenvalue weighted by Crippen LogP contribution is 2.40. The number of hydrogen-bond donors (Lipinski definition) is 1. The highest BCUT2D eigenvalue weighted by molar-refractivity contribution is 9.10. The quantitative estimate of drug-likeness (QED) is 0.843. The lowest BCUT2D eigenvalue weighted by molar-refractivity contribution is -0.137. The number of nitrogens with two attached hydrogens (primary N) is 1. The molecule has 1 aliphatic heterocycles. The Kier molecular flexibility index (Phi) is 4.56. The second-order valence-electron chi connectivity index (χ2n) is 5.06. The second kappa shape index (κ2) is 5.82. The molecule has 122 valence electrons. The third-order valence-electron chi connectivity index (χ3n) is 3.23. The number of halogens is 4. The monoisotopic (exact) mass is 400 g/mol. The van der Waals surface area contributed by atoms with E-state index in [9.17, 15) is 26.4 Å². The topological polar surface area (TPSA) is 80.5 Å². The number of hydrogen-bond acceptors (Lipinski definition) is 3. The summed E-state index contributed by atoms with van der Waals surface area (Å²) in [7, 11) is -3.79. The summed E-state index contributed by atoms with van der Waals surface area (Å²) in [6.07, 6.45) is -4.77. The molecule has 1 unspecified atom stereocenters. The molecule has 2 N–H and O–H groups in total. The van der Waals surface area contributed by atoms with E-state index in [0.717, 1.165) is 11.0 Å². The summed E-state index contributed by atoms with van der Waals surface area (Å²) >= 11 is 3.07. The predicted octanol–water partition coefficient (Wildman–Crippen LogP) is 2.11. The largest absolute Gasteiger partial charge is 0.418 e. The maximum Gasteiger partial charge on any atom is 0.418 e. The van der Waals surface area contributed by atoms with Crippen molar-refractivity contribution in [2.24, 2.45) is 11.1 Å². The van der Waals surface area contributed by atoms with Gasteiger partial charge in [-0.2, -0.15) is 13.2 Å². The summed E-state index contributed by atoms with van der Waals surface area (Å²) in [4.78, 5) is 12.9. The normalized spacial score (nSPS) is 19.8. The van der Waals surface area contributed by atoms with Gasteiger partial charge in [-0.25, -0.2) is 13.6 Å². The molecule has 1 heterocycles. The van der Waals surface area contributed by atoms with Gasteiger partial charge in [0.25, 0.3) is 0 Å². The summed E-state index contributed by atoms with van der Waals surface area (Å²) in [5.41, 5.74) is -1.23. The van der Waals surface area contributed by atoms with Gasteiger partial charge in [-0.1, -0.05) is 15.9 Å². The van der Waals surface area contributed by atoms with Crippen molar-refractivity contribution in [3.8, 4) is 0 Å². The Morgan fingerprint density at radius 1 is 1.36 bits per heavy atom. The summed E-state index contributed by atoms with van der Waals surface area (Å²) in [5, 5.41) is 4.92. The lowest BCUT2D eigenvalue weighted by Gasteiger charge is -2.22. The van der Waals surface area contributed by atoms with Crippen LogP contribution < -0.4 is 10.0 Å². The van der Waals surface area contributed by atoms with E-state index in [1.807, 2.05) is 0 Å². The Morgan fingerprint density at radius 2 is 2.00 bits per heavy atom. The highest BCUT2D eigenvalue weighted by atomic mass is 79.9. The zero-order valence-electron chi connectivity index (χ0n) is 11.1. The molecule has 10 heteroatoms. The standard InChI is InChI=1S/C12H12BrF3N2O3S/c13-8-1-2-9(12(14,15)16)10(4-8)18-5-7(3-11(18)19)6-22(17,20)21/h1-2,4,7H,3,5-6H2,(H2,17,20,21). The van der Waals surface area contributed by atoms with Crippen LogP contribution in [0.4, 0.5) is 18.9 Å². The van der Waals surface area contributed by atoms with Gasteiger partial charge < -0.3 is 4.90 Å². The molecule has 0 bridgehead atoms. The van der Waals surface area contributed by atoms with Crippen LogP contribution in [0.3, 0.4) is 0 Å². The van der Waals surface area contributed by atoms with Crippen molar-refractivity contribution in [3.63, 3.8) is 0 Å². The molecule has 0 spiro atoms. The molecule has 1 aromatic rings. The smallest absolute Gasteiger partial charge is 0.311 e. The average molecular weight is 401 g/mol. The van der Waals surface area contributed by atoms with Crippen LogP contribution in [0, 0.1) is 5.92 Å². The minimum atomic E-state index is -4.62. The van der Waals surface area contributed by atoms with E-state index < -0.39 is 39.3 Å². The van der Waals surface area contributed by atoms with Gasteiger partial charge in [0.15, 0.2) is 0 Å². The molecule has 1 aliphatic rings. The number of benzene rings is 1. The Morgan fingerprint density at radius 3 is 2.55 bits per heavy atom. The number of rotatable bonds is 3. The van der Waals surface area contributed by atoms with Crippen LogP contribution in [-0.4, -0.2) is 26.6 Å². The molecule has 22 heavy (non-hydrogen) atoms. The number of sulfonamides is 1. The fourth-order valence-electron chi connectivity index (χ4n) is 2.42. The zero-order chi connectivity index (χ0) is 16.7. The molecule has 1 saturated heterocycles. The molecule has 0 aliphatic carbocycles. The van der Waals surface area contributed by atoms with Crippen LogP contribution in [0.5, 0.6) is 0 Å². The summed E-state index contributed by atoms with van der Waals surface area (Å²) in [5.74, 6) is -1.62. The Bertz CT molecular complexity index is 706. The summed E-state index contributed by atoms with van der Waals surface area (Å²) < 4.78 is 61.7. The van der Waals surface area contributed by atoms with Crippen molar-refractivity contribution in [2.75, 3.05) is 17.2 Å². The van der Waals surface area contributed by atoms with Gasteiger partial charge in [0.05, 0.1) is 17.0 Å². The number of carbonyl (C=O) groups is 1. The molecule has 0 saturated carbocycles. The van der Waals surface area contributed by atoms with Crippen molar-refractivity contribution in [1.29, 1.82) is 0 Å².